The number of aliphatic hydroxyl groups excluding tert-OH is 1. The van der Waals surface area contributed by atoms with Gasteiger partial charge < -0.3 is 30.3 Å². The van der Waals surface area contributed by atoms with E-state index in [9.17, 15) is 24.3 Å². The fourth-order valence-electron chi connectivity index (χ4n) is 9.33. The molecule has 6 atom stereocenters. The van der Waals surface area contributed by atoms with Crippen molar-refractivity contribution in [3.63, 3.8) is 0 Å². The Labute approximate surface area is 393 Å². The van der Waals surface area contributed by atoms with E-state index in [4.69, 9.17) is 9.73 Å². The number of nitrogens with zero attached hydrogens (tertiary/aromatic N) is 7. The van der Waals surface area contributed by atoms with Gasteiger partial charge in [0.25, 0.3) is 0 Å². The number of carbonyl (C=O) groups is 4. The van der Waals surface area contributed by atoms with E-state index in [1.807, 2.05) is 75.9 Å². The Morgan fingerprint density at radius 3 is 2.32 bits per heavy atom. The van der Waals surface area contributed by atoms with E-state index in [-0.39, 0.29) is 61.5 Å². The summed E-state index contributed by atoms with van der Waals surface area (Å²) in [6.07, 6.45) is 0.308. The van der Waals surface area contributed by atoms with Gasteiger partial charge in [-0.1, -0.05) is 57.2 Å². The molecule has 5 aromatic rings. The van der Waals surface area contributed by atoms with Crippen LogP contribution in [0, 0.1) is 39.0 Å². The van der Waals surface area contributed by atoms with Gasteiger partial charge in [-0.15, -0.1) is 32.9 Å². The summed E-state index contributed by atoms with van der Waals surface area (Å²) in [5, 5.41) is 26.7. The minimum Gasteiger partial charge on any atom is -0.469 e. The third-order valence-electron chi connectivity index (χ3n) is 13.2. The van der Waals surface area contributed by atoms with Crippen molar-refractivity contribution >= 4 is 57.8 Å². The van der Waals surface area contributed by atoms with Crippen molar-refractivity contribution in [2.45, 2.75) is 111 Å². The number of nitrogens with one attached hydrogen (secondary N) is 2. The summed E-state index contributed by atoms with van der Waals surface area (Å²) in [6, 6.07) is 13.5. The lowest BCUT2D eigenvalue weighted by molar-refractivity contribution is -0.144. The zero-order chi connectivity index (χ0) is 47.2. The van der Waals surface area contributed by atoms with E-state index in [2.05, 4.69) is 68.8 Å². The molecule has 0 saturated carbocycles. The molecule has 3 aliphatic heterocycles. The second-order valence-electron chi connectivity index (χ2n) is 18.9. The average molecular weight is 934 g/mol. The SMILES string of the molecule is COC(=O)C[C@@H]1N=C(c2ccc(N3CCC(CC(=O)N[C@H](C(=O)N4C[C@H](O)C[C@H]4C(=O)N[C@@H](C)c4ccc(-c5scnc5C)cc4)C(C)(C)C)C3)cc2)c2c(sc(C)c2C)-n2c(C)nnc21. The molecule has 15 nitrogen and oxygen atoms in total. The molecule has 8 rings (SSSR count). The van der Waals surface area contributed by atoms with Gasteiger partial charge in [-0.3, -0.25) is 28.7 Å². The molecule has 0 radical (unpaired) electrons. The van der Waals surface area contributed by atoms with Crippen LogP contribution in [0.2, 0.25) is 0 Å². The summed E-state index contributed by atoms with van der Waals surface area (Å²) >= 11 is 3.24. The van der Waals surface area contributed by atoms with Gasteiger partial charge in [-0.2, -0.15) is 0 Å². The normalized spacial score (nSPS) is 20.2. The van der Waals surface area contributed by atoms with Crippen LogP contribution < -0.4 is 15.5 Å². The topological polar surface area (TPSA) is 184 Å². The average Bonchev–Trinajstić information content (AvgIpc) is 4.13. The maximum Gasteiger partial charge on any atom is 0.308 e. The van der Waals surface area contributed by atoms with Crippen molar-refractivity contribution in [3.8, 4) is 15.4 Å². The van der Waals surface area contributed by atoms with E-state index >= 15 is 0 Å². The van der Waals surface area contributed by atoms with Gasteiger partial charge in [-0.05, 0) is 81.2 Å². The van der Waals surface area contributed by atoms with Crippen molar-refractivity contribution in [2.24, 2.45) is 16.3 Å². The number of hydrogen-bond donors (Lipinski definition) is 3. The molecule has 0 spiro atoms. The van der Waals surface area contributed by atoms with E-state index in [0.717, 1.165) is 78.5 Å². The number of thiophene rings is 1. The number of thiazole rings is 1. The van der Waals surface area contributed by atoms with E-state index in [0.29, 0.717) is 12.4 Å². The summed E-state index contributed by atoms with van der Waals surface area (Å²) in [5.41, 5.74) is 8.91. The molecule has 3 N–H and O–H groups in total. The number of amides is 3. The highest BCUT2D eigenvalue weighted by atomic mass is 32.1. The number of benzene rings is 2. The van der Waals surface area contributed by atoms with Crippen LogP contribution in [0.3, 0.4) is 0 Å². The summed E-state index contributed by atoms with van der Waals surface area (Å²) in [4.78, 5) is 70.0. The molecule has 0 aliphatic carbocycles. The minimum atomic E-state index is -0.911. The zero-order valence-corrected chi connectivity index (χ0v) is 40.7. The predicted molar refractivity (Wildman–Crippen MR) is 256 cm³/mol. The molecule has 1 unspecified atom stereocenters. The van der Waals surface area contributed by atoms with Crippen LogP contribution in [0.15, 0.2) is 59.0 Å². The molecule has 6 heterocycles. The number of esters is 1. The van der Waals surface area contributed by atoms with Crippen LogP contribution >= 0.6 is 22.7 Å². The van der Waals surface area contributed by atoms with Gasteiger partial charge in [0.15, 0.2) is 5.82 Å². The quantitative estimate of drug-likeness (QED) is 0.114. The number of ether oxygens (including phenoxy) is 1. The Morgan fingerprint density at radius 1 is 0.939 bits per heavy atom. The Kier molecular flexibility index (Phi) is 13.3. The number of aliphatic imine (C=N–C) groups is 1. The number of aryl methyl sites for hydroxylation is 3. The second-order valence-corrected chi connectivity index (χ2v) is 21.0. The van der Waals surface area contributed by atoms with Crippen molar-refractivity contribution < 1.29 is 29.0 Å². The van der Waals surface area contributed by atoms with Crippen molar-refractivity contribution in [1.82, 2.24) is 35.3 Å². The largest absolute Gasteiger partial charge is 0.469 e. The van der Waals surface area contributed by atoms with Gasteiger partial charge in [0.2, 0.25) is 17.7 Å². The van der Waals surface area contributed by atoms with Crippen molar-refractivity contribution in [2.75, 3.05) is 31.6 Å². The van der Waals surface area contributed by atoms with Crippen LogP contribution in [-0.4, -0.2) is 104 Å². The number of methoxy groups -OCH3 is 1. The first-order valence-electron chi connectivity index (χ1n) is 22.5. The van der Waals surface area contributed by atoms with E-state index in [1.165, 1.54) is 12.0 Å². The molecule has 3 aromatic heterocycles. The van der Waals surface area contributed by atoms with Gasteiger partial charge in [0, 0.05) is 54.2 Å². The van der Waals surface area contributed by atoms with Crippen LogP contribution in [0.25, 0.3) is 15.4 Å². The van der Waals surface area contributed by atoms with Gasteiger partial charge in [-0.25, -0.2) is 4.98 Å². The second kappa shape index (κ2) is 18.8. The highest BCUT2D eigenvalue weighted by Gasteiger charge is 2.45. The lowest BCUT2D eigenvalue weighted by Crippen LogP contribution is -2.58. The van der Waals surface area contributed by atoms with Gasteiger partial charge in [0.1, 0.15) is 29.0 Å². The number of aliphatic hydroxyl groups is 1. The molecule has 348 valence electrons. The number of likely N-dealkylation sites (tertiary alicyclic amines) is 1. The number of anilines is 1. The molecule has 0 bridgehead atoms. The molecular formula is C49H59N9O6S2. The van der Waals surface area contributed by atoms with Crippen molar-refractivity contribution in [3.05, 3.63) is 98.5 Å². The summed E-state index contributed by atoms with van der Waals surface area (Å²) < 4.78 is 7.06. The Hall–Kier alpha value is -5.78. The molecule has 2 fully saturated rings. The van der Waals surface area contributed by atoms with Crippen LogP contribution in [0.5, 0.6) is 0 Å². The van der Waals surface area contributed by atoms with Gasteiger partial charge >= 0.3 is 5.97 Å². The molecular weight excluding hydrogens is 875 g/mol. The first kappa shape index (κ1) is 46.7. The summed E-state index contributed by atoms with van der Waals surface area (Å²) in [5.74, 6) is 0.0333. The van der Waals surface area contributed by atoms with Gasteiger partial charge in [0.05, 0.1) is 47.5 Å². The van der Waals surface area contributed by atoms with Crippen LogP contribution in [0.1, 0.15) is 110 Å². The first-order chi connectivity index (χ1) is 31.4. The lowest BCUT2D eigenvalue weighted by atomic mass is 9.85. The maximum absolute atomic E-state index is 14.4. The monoisotopic (exact) mass is 933 g/mol. The first-order valence-corrected chi connectivity index (χ1v) is 24.2. The Bertz CT molecular complexity index is 2660. The summed E-state index contributed by atoms with van der Waals surface area (Å²) in [7, 11) is 1.37. The third kappa shape index (κ3) is 9.42. The third-order valence-corrected chi connectivity index (χ3v) is 15.3. The number of fused-ring (bicyclic) bond motifs is 3. The predicted octanol–water partition coefficient (Wildman–Crippen LogP) is 6.73. The number of rotatable bonds is 12. The molecule has 2 aromatic carbocycles. The molecule has 2 saturated heterocycles. The van der Waals surface area contributed by atoms with E-state index < -0.39 is 29.6 Å². The fraction of sp³-hybridized carbons (Fsp3) is 0.469. The number of aromatic nitrogens is 4. The molecule has 3 amide bonds. The molecule has 17 heteroatoms. The number of carbonyl (C=O) groups excluding carboxylic acids is 4. The molecule has 3 aliphatic rings. The highest BCUT2D eigenvalue weighted by Crippen LogP contribution is 2.40. The minimum absolute atomic E-state index is 0.00432. The Balaban J connectivity index is 0.911. The summed E-state index contributed by atoms with van der Waals surface area (Å²) in [6.45, 7) is 17.1. The van der Waals surface area contributed by atoms with E-state index in [1.54, 1.807) is 22.7 Å². The maximum atomic E-state index is 14.4. The number of hydrogen-bond acceptors (Lipinski definition) is 13. The Morgan fingerprint density at radius 2 is 1.65 bits per heavy atom. The van der Waals surface area contributed by atoms with Crippen LogP contribution in [0.4, 0.5) is 5.69 Å². The van der Waals surface area contributed by atoms with Crippen molar-refractivity contribution in [1.29, 1.82) is 0 Å². The smallest absolute Gasteiger partial charge is 0.308 e. The zero-order valence-electron chi connectivity index (χ0n) is 39.0. The standard InChI is InChI=1S/C49H59N9O6S2/c1-26-29(4)66-48-41(26)42(52-37(22-40(61)64-9)45-55-54-30(5)58(45)48)33-14-16-35(17-15-33)56-19-18-31(23-56)20-39(60)53-44(49(6,7)8)47(63)57-24-36(59)21-38(57)46(62)51-27(2)32-10-12-34(13-11-32)43-28(3)50-25-65-43/h10-17,25,27,31,36-38,44,59H,18-24H2,1-9H3,(H,51,62)(H,53,60)/t27-,31?,36+,37-,38-,44+/m0/s1. The highest BCUT2D eigenvalue weighted by molar-refractivity contribution is 7.15. The fourth-order valence-corrected chi connectivity index (χ4v) is 11.4. The lowest BCUT2D eigenvalue weighted by Gasteiger charge is -2.35. The molecule has 66 heavy (non-hydrogen) atoms. The number of β-amino-alcohol motifs (C(OH)–C–C–N with tert-alkyl or cyclic N) is 1. The van der Waals surface area contributed by atoms with Crippen LogP contribution in [-0.2, 0) is 23.9 Å².